The maximum atomic E-state index is 11.6. The van der Waals surface area contributed by atoms with Crippen LogP contribution in [-0.2, 0) is 11.1 Å². The number of aryl methyl sites for hydroxylation is 1. The Labute approximate surface area is 138 Å². The van der Waals surface area contributed by atoms with Gasteiger partial charge in [-0.05, 0) is 60.0 Å². The average molecular weight is 343 g/mol. The zero-order valence-electron chi connectivity index (χ0n) is 12.4. The van der Waals surface area contributed by atoms with Gasteiger partial charge in [-0.2, -0.15) is 5.11 Å². The molecule has 24 heavy (non-hydrogen) atoms. The molecule has 3 aromatic rings. The maximum absolute atomic E-state index is 11.6. The lowest BCUT2D eigenvalue weighted by molar-refractivity contribution is 0.474. The van der Waals surface area contributed by atoms with Crippen LogP contribution in [0.4, 0.5) is 11.4 Å². The van der Waals surface area contributed by atoms with E-state index in [9.17, 15) is 18.7 Å². The van der Waals surface area contributed by atoms with Crippen molar-refractivity contribution < 1.29 is 18.3 Å². The fourth-order valence-corrected chi connectivity index (χ4v) is 2.55. The molecule has 0 radical (unpaired) electrons. The molecule has 1 unspecified atom stereocenters. The van der Waals surface area contributed by atoms with Crippen LogP contribution < -0.4 is 5.63 Å². The molecule has 0 spiro atoms. The molecule has 7 nitrogen and oxygen atoms in total. The summed E-state index contributed by atoms with van der Waals surface area (Å²) in [6.45, 7) is 1.75. The van der Waals surface area contributed by atoms with Gasteiger partial charge in [0.05, 0.1) is 5.69 Å². The van der Waals surface area contributed by atoms with Gasteiger partial charge in [-0.1, -0.05) is 0 Å². The van der Waals surface area contributed by atoms with Crippen LogP contribution in [0.5, 0.6) is 5.75 Å². The predicted octanol–water partition coefficient (Wildman–Crippen LogP) is 3.46. The second-order valence-electron chi connectivity index (χ2n) is 4.99. The number of hydrogen-bond acceptors (Lipinski definition) is 7. The van der Waals surface area contributed by atoms with Crippen LogP contribution in [0.1, 0.15) is 5.56 Å². The Balaban J connectivity index is 2.07. The largest absolute Gasteiger partial charge is 0.768 e. The molecule has 1 N–H and O–H groups in total. The third-order valence-corrected chi connectivity index (χ3v) is 4.02. The number of nitrogens with zero attached hydrogens (tertiary/aromatic N) is 2. The van der Waals surface area contributed by atoms with Crippen LogP contribution in [0.15, 0.2) is 66.8 Å². The Morgan fingerprint density at radius 1 is 1.12 bits per heavy atom. The molecule has 0 bridgehead atoms. The van der Waals surface area contributed by atoms with E-state index in [4.69, 9.17) is 4.42 Å². The number of phenolic OH excluding ortho intramolecular Hbond substituents is 1. The minimum Gasteiger partial charge on any atom is -0.768 e. The smallest absolute Gasteiger partial charge is 0.336 e. The lowest BCUT2D eigenvalue weighted by atomic mass is 10.1. The molecule has 0 aliphatic carbocycles. The summed E-state index contributed by atoms with van der Waals surface area (Å²) in [5, 5.41) is 18.5. The predicted molar refractivity (Wildman–Crippen MR) is 86.7 cm³/mol. The maximum Gasteiger partial charge on any atom is 0.336 e. The molecule has 0 amide bonds. The fourth-order valence-electron chi connectivity index (χ4n) is 2.19. The Kier molecular flexibility index (Phi) is 4.24. The Hall–Kier alpha value is -2.84. The first-order valence-electron chi connectivity index (χ1n) is 6.83. The van der Waals surface area contributed by atoms with Gasteiger partial charge in [-0.25, -0.2) is 4.79 Å². The molecule has 0 aliphatic rings. The SMILES string of the molecule is Cc1cc(=O)oc2c(N=Nc3ccc(S(=O)[O-])cc3)c(O)ccc12. The van der Waals surface area contributed by atoms with Crippen LogP contribution in [0.2, 0.25) is 0 Å². The number of rotatable bonds is 3. The molecule has 0 saturated carbocycles. The first-order chi connectivity index (χ1) is 11.5. The summed E-state index contributed by atoms with van der Waals surface area (Å²) in [7, 11) is 0. The quantitative estimate of drug-likeness (QED) is 0.444. The fraction of sp³-hybridized carbons (Fsp3) is 0.0625. The summed E-state index contributed by atoms with van der Waals surface area (Å²) in [5.74, 6) is -0.183. The average Bonchev–Trinajstić information content (AvgIpc) is 2.54. The Morgan fingerprint density at radius 3 is 2.50 bits per heavy atom. The van der Waals surface area contributed by atoms with E-state index in [-0.39, 0.29) is 21.9 Å². The molecule has 1 atom stereocenters. The zero-order valence-corrected chi connectivity index (χ0v) is 13.2. The Morgan fingerprint density at radius 2 is 1.83 bits per heavy atom. The second kappa shape index (κ2) is 6.34. The van der Waals surface area contributed by atoms with Crippen LogP contribution in [0.25, 0.3) is 11.0 Å². The third-order valence-electron chi connectivity index (χ3n) is 3.37. The van der Waals surface area contributed by atoms with Crippen molar-refractivity contribution in [1.29, 1.82) is 0 Å². The number of aromatic hydroxyl groups is 1. The lowest BCUT2D eigenvalue weighted by Crippen LogP contribution is -1.97. The summed E-state index contributed by atoms with van der Waals surface area (Å²) < 4.78 is 26.8. The molecular formula is C16H11N2O5S-. The minimum absolute atomic E-state index is 0.0322. The van der Waals surface area contributed by atoms with E-state index in [0.29, 0.717) is 16.6 Å². The highest BCUT2D eigenvalue weighted by Gasteiger charge is 2.11. The molecule has 0 saturated heterocycles. The normalized spacial score (nSPS) is 12.8. The minimum atomic E-state index is -2.32. The molecule has 2 aromatic carbocycles. The molecule has 122 valence electrons. The van der Waals surface area contributed by atoms with Crippen molar-refractivity contribution in [3.05, 3.63) is 58.4 Å². The monoisotopic (exact) mass is 343 g/mol. The van der Waals surface area contributed by atoms with Crippen LogP contribution in [0, 0.1) is 6.92 Å². The lowest BCUT2D eigenvalue weighted by Gasteiger charge is -2.05. The highest BCUT2D eigenvalue weighted by molar-refractivity contribution is 7.79. The van der Waals surface area contributed by atoms with Crippen molar-refractivity contribution in [2.45, 2.75) is 11.8 Å². The van der Waals surface area contributed by atoms with Gasteiger partial charge < -0.3 is 14.1 Å². The first-order valence-corrected chi connectivity index (χ1v) is 7.90. The highest BCUT2D eigenvalue weighted by Crippen LogP contribution is 2.36. The number of fused-ring (bicyclic) bond motifs is 1. The van der Waals surface area contributed by atoms with Crippen molar-refractivity contribution >= 4 is 33.4 Å². The number of phenols is 1. The highest BCUT2D eigenvalue weighted by atomic mass is 32.2. The summed E-state index contributed by atoms with van der Waals surface area (Å²) in [5.41, 5.74) is 0.700. The van der Waals surface area contributed by atoms with Crippen molar-refractivity contribution in [3.63, 3.8) is 0 Å². The molecule has 0 aliphatic heterocycles. The zero-order chi connectivity index (χ0) is 17.3. The van der Waals surface area contributed by atoms with Gasteiger partial charge in [0.25, 0.3) is 0 Å². The molecule has 0 fully saturated rings. The second-order valence-corrected chi connectivity index (χ2v) is 5.93. The summed E-state index contributed by atoms with van der Waals surface area (Å²) in [6, 6.07) is 10.1. The molecule has 8 heteroatoms. The van der Waals surface area contributed by atoms with Gasteiger partial charge >= 0.3 is 5.63 Å². The van der Waals surface area contributed by atoms with Crippen molar-refractivity contribution in [2.75, 3.05) is 0 Å². The molecular weight excluding hydrogens is 332 g/mol. The number of azo groups is 1. The van der Waals surface area contributed by atoms with Gasteiger partial charge in [0, 0.05) is 16.3 Å². The summed E-state index contributed by atoms with van der Waals surface area (Å²) in [4.78, 5) is 11.7. The number of hydrogen-bond donors (Lipinski definition) is 1. The first kappa shape index (κ1) is 16.0. The topological polar surface area (TPSA) is 115 Å². The van der Waals surface area contributed by atoms with Crippen molar-refractivity contribution in [2.24, 2.45) is 10.2 Å². The van der Waals surface area contributed by atoms with E-state index in [1.165, 1.54) is 36.4 Å². The van der Waals surface area contributed by atoms with Gasteiger partial charge in [0.1, 0.15) is 5.75 Å². The standard InChI is InChI=1S/C16H12N2O5S/c1-9-8-14(20)23-16-12(9)6-7-13(19)15(16)18-17-10-2-4-11(5-3-10)24(21)22/h2-8,19H,1H3,(H,21,22)/p-1. The van der Waals surface area contributed by atoms with Crippen LogP contribution in [-0.4, -0.2) is 13.9 Å². The van der Waals surface area contributed by atoms with Crippen molar-refractivity contribution in [3.8, 4) is 5.75 Å². The van der Waals surface area contributed by atoms with E-state index in [1.54, 1.807) is 13.0 Å². The van der Waals surface area contributed by atoms with Gasteiger partial charge in [-0.15, -0.1) is 5.11 Å². The van der Waals surface area contributed by atoms with Gasteiger partial charge in [0.15, 0.2) is 11.3 Å². The summed E-state index contributed by atoms with van der Waals surface area (Å²) >= 11 is -2.32. The van der Waals surface area contributed by atoms with E-state index in [2.05, 4.69) is 10.2 Å². The van der Waals surface area contributed by atoms with E-state index in [0.717, 1.165) is 0 Å². The number of benzene rings is 2. The van der Waals surface area contributed by atoms with Crippen LogP contribution in [0.3, 0.4) is 0 Å². The van der Waals surface area contributed by atoms with E-state index < -0.39 is 16.7 Å². The summed E-state index contributed by atoms with van der Waals surface area (Å²) in [6.07, 6.45) is 0. The van der Waals surface area contributed by atoms with Gasteiger partial charge in [-0.3, -0.25) is 4.21 Å². The molecule has 1 heterocycles. The molecule has 3 rings (SSSR count). The third kappa shape index (κ3) is 3.10. The van der Waals surface area contributed by atoms with E-state index >= 15 is 0 Å². The molecule has 1 aromatic heterocycles. The van der Waals surface area contributed by atoms with E-state index in [1.807, 2.05) is 0 Å². The van der Waals surface area contributed by atoms with Crippen LogP contribution >= 0.6 is 0 Å². The van der Waals surface area contributed by atoms with Crippen molar-refractivity contribution in [1.82, 2.24) is 0 Å². The van der Waals surface area contributed by atoms with Gasteiger partial charge in [0.2, 0.25) is 0 Å². The Bertz CT molecular complexity index is 1030.